The summed E-state index contributed by atoms with van der Waals surface area (Å²) in [5.74, 6) is 0.265. The van der Waals surface area contributed by atoms with Crippen LogP contribution in [0.4, 0.5) is 0 Å². The van der Waals surface area contributed by atoms with Gasteiger partial charge in [-0.3, -0.25) is 9.59 Å². The number of ether oxygens (including phenoxy) is 1. The van der Waals surface area contributed by atoms with E-state index in [2.05, 4.69) is 9.97 Å². The van der Waals surface area contributed by atoms with Gasteiger partial charge in [-0.05, 0) is 17.7 Å². The van der Waals surface area contributed by atoms with Gasteiger partial charge in [0.05, 0.1) is 12.5 Å². The van der Waals surface area contributed by atoms with Crippen molar-refractivity contribution in [3.63, 3.8) is 0 Å². The Hall–Kier alpha value is -2.63. The summed E-state index contributed by atoms with van der Waals surface area (Å²) in [6, 6.07) is 7.94. The lowest BCUT2D eigenvalue weighted by molar-refractivity contribution is -0.136. The molecule has 6 heteroatoms. The van der Waals surface area contributed by atoms with Gasteiger partial charge in [0, 0.05) is 6.42 Å². The number of aryl methyl sites for hydroxylation is 1. The Kier molecular flexibility index (Phi) is 4.14. The SMILES string of the molecule is CCc1nc(Oc2cccc(CC(=O)O)c2)cc(=O)[nH]1. The average Bonchev–Trinajstić information content (AvgIpc) is 2.37. The second-order valence-electron chi connectivity index (χ2n) is 4.20. The van der Waals surface area contributed by atoms with Crippen molar-refractivity contribution >= 4 is 5.97 Å². The predicted octanol–water partition coefficient (Wildman–Crippen LogP) is 1.75. The Morgan fingerprint density at radius 1 is 1.40 bits per heavy atom. The van der Waals surface area contributed by atoms with Gasteiger partial charge in [0.2, 0.25) is 5.88 Å². The summed E-state index contributed by atoms with van der Waals surface area (Å²) in [5.41, 5.74) is 0.337. The number of benzene rings is 1. The first-order valence-electron chi connectivity index (χ1n) is 6.15. The molecule has 20 heavy (non-hydrogen) atoms. The van der Waals surface area contributed by atoms with Crippen molar-refractivity contribution in [1.29, 1.82) is 0 Å². The maximum absolute atomic E-state index is 11.4. The second kappa shape index (κ2) is 6.01. The van der Waals surface area contributed by atoms with Gasteiger partial charge in [-0.25, -0.2) is 0 Å². The number of aliphatic carboxylic acids is 1. The topological polar surface area (TPSA) is 92.3 Å². The molecule has 0 atom stereocenters. The lowest BCUT2D eigenvalue weighted by Gasteiger charge is -2.06. The second-order valence-corrected chi connectivity index (χ2v) is 4.20. The molecule has 0 saturated heterocycles. The van der Waals surface area contributed by atoms with Crippen LogP contribution in [0.5, 0.6) is 11.6 Å². The lowest BCUT2D eigenvalue weighted by atomic mass is 10.1. The van der Waals surface area contributed by atoms with E-state index in [0.717, 1.165) is 0 Å². The highest BCUT2D eigenvalue weighted by Crippen LogP contribution is 2.19. The number of hydrogen-bond acceptors (Lipinski definition) is 4. The van der Waals surface area contributed by atoms with Crippen LogP contribution in [0.2, 0.25) is 0 Å². The fourth-order valence-corrected chi connectivity index (χ4v) is 1.72. The highest BCUT2D eigenvalue weighted by atomic mass is 16.5. The molecule has 0 unspecified atom stereocenters. The number of carboxylic acid groups (broad SMARTS) is 1. The molecule has 1 aromatic carbocycles. The molecule has 0 fully saturated rings. The standard InChI is InChI=1S/C14H14N2O4/c1-2-11-15-12(17)8-13(16-11)20-10-5-3-4-9(6-10)7-14(18)19/h3-6,8H,2,7H2,1H3,(H,18,19)(H,15,16,17). The number of carboxylic acids is 1. The summed E-state index contributed by atoms with van der Waals surface area (Å²) in [6.45, 7) is 1.87. The number of aromatic amines is 1. The van der Waals surface area contributed by atoms with E-state index < -0.39 is 5.97 Å². The highest BCUT2D eigenvalue weighted by molar-refractivity contribution is 5.70. The minimum absolute atomic E-state index is 0.0831. The fourth-order valence-electron chi connectivity index (χ4n) is 1.72. The molecule has 6 nitrogen and oxygen atoms in total. The first-order chi connectivity index (χ1) is 9.56. The maximum atomic E-state index is 11.4. The van der Waals surface area contributed by atoms with Gasteiger partial charge in [-0.15, -0.1) is 0 Å². The van der Waals surface area contributed by atoms with Crippen LogP contribution in [-0.4, -0.2) is 21.0 Å². The zero-order valence-corrected chi connectivity index (χ0v) is 10.9. The molecule has 1 aromatic heterocycles. The van der Waals surface area contributed by atoms with E-state index >= 15 is 0 Å². The molecule has 2 aromatic rings. The normalized spacial score (nSPS) is 10.2. The van der Waals surface area contributed by atoms with Gasteiger partial charge in [-0.1, -0.05) is 19.1 Å². The van der Waals surface area contributed by atoms with Crippen LogP contribution in [0.1, 0.15) is 18.3 Å². The van der Waals surface area contributed by atoms with E-state index in [1.807, 2.05) is 6.92 Å². The minimum atomic E-state index is -0.912. The molecule has 0 saturated carbocycles. The van der Waals surface area contributed by atoms with Crippen LogP contribution in [0.15, 0.2) is 35.1 Å². The predicted molar refractivity (Wildman–Crippen MR) is 72.1 cm³/mol. The van der Waals surface area contributed by atoms with E-state index in [4.69, 9.17) is 9.84 Å². The average molecular weight is 274 g/mol. The monoisotopic (exact) mass is 274 g/mol. The summed E-state index contributed by atoms with van der Waals surface area (Å²) >= 11 is 0. The zero-order valence-electron chi connectivity index (χ0n) is 10.9. The minimum Gasteiger partial charge on any atom is -0.481 e. The molecular weight excluding hydrogens is 260 g/mol. The zero-order chi connectivity index (χ0) is 14.5. The number of H-pyrrole nitrogens is 1. The molecular formula is C14H14N2O4. The molecule has 0 amide bonds. The van der Waals surface area contributed by atoms with E-state index in [1.54, 1.807) is 24.3 Å². The number of nitrogens with one attached hydrogen (secondary N) is 1. The lowest BCUT2D eigenvalue weighted by Crippen LogP contribution is -2.10. The summed E-state index contributed by atoms with van der Waals surface area (Å²) in [5, 5.41) is 8.75. The van der Waals surface area contributed by atoms with Crippen LogP contribution < -0.4 is 10.3 Å². The van der Waals surface area contributed by atoms with Crippen molar-refractivity contribution in [2.45, 2.75) is 19.8 Å². The third-order valence-corrected chi connectivity index (χ3v) is 2.58. The van der Waals surface area contributed by atoms with Crippen molar-refractivity contribution in [3.8, 4) is 11.6 Å². The van der Waals surface area contributed by atoms with Crippen molar-refractivity contribution < 1.29 is 14.6 Å². The molecule has 2 N–H and O–H groups in total. The molecule has 2 rings (SSSR count). The van der Waals surface area contributed by atoms with Crippen molar-refractivity contribution in [2.24, 2.45) is 0 Å². The number of rotatable bonds is 5. The Labute approximate surface area is 115 Å². The van der Waals surface area contributed by atoms with Gasteiger partial charge >= 0.3 is 5.97 Å². The maximum Gasteiger partial charge on any atom is 0.307 e. The summed E-state index contributed by atoms with van der Waals surface area (Å²) < 4.78 is 5.50. The highest BCUT2D eigenvalue weighted by Gasteiger charge is 2.05. The molecule has 0 bridgehead atoms. The molecule has 0 aliphatic rings. The summed E-state index contributed by atoms with van der Waals surface area (Å²) in [7, 11) is 0. The first-order valence-corrected chi connectivity index (χ1v) is 6.15. The summed E-state index contributed by atoms with van der Waals surface area (Å²) in [4.78, 5) is 28.8. The number of hydrogen-bond donors (Lipinski definition) is 2. The van der Waals surface area contributed by atoms with E-state index in [9.17, 15) is 9.59 Å². The summed E-state index contributed by atoms with van der Waals surface area (Å²) in [6.07, 6.45) is 0.506. The fraction of sp³-hybridized carbons (Fsp3) is 0.214. The van der Waals surface area contributed by atoms with Crippen molar-refractivity contribution in [2.75, 3.05) is 0 Å². The van der Waals surface area contributed by atoms with Gasteiger partial charge in [0.1, 0.15) is 11.6 Å². The molecule has 0 aliphatic heterocycles. The smallest absolute Gasteiger partial charge is 0.307 e. The Morgan fingerprint density at radius 3 is 2.90 bits per heavy atom. The van der Waals surface area contributed by atoms with Crippen molar-refractivity contribution in [3.05, 3.63) is 52.1 Å². The largest absolute Gasteiger partial charge is 0.481 e. The van der Waals surface area contributed by atoms with Crippen LogP contribution in [0.3, 0.4) is 0 Å². The Bertz CT molecular complexity index is 679. The third-order valence-electron chi connectivity index (χ3n) is 2.58. The van der Waals surface area contributed by atoms with E-state index in [-0.39, 0.29) is 17.9 Å². The van der Waals surface area contributed by atoms with E-state index in [0.29, 0.717) is 23.6 Å². The van der Waals surface area contributed by atoms with Gasteiger partial charge in [-0.2, -0.15) is 4.98 Å². The number of carbonyl (C=O) groups is 1. The van der Waals surface area contributed by atoms with Crippen LogP contribution in [0, 0.1) is 0 Å². The molecule has 0 spiro atoms. The van der Waals surface area contributed by atoms with Gasteiger partial charge in [0.25, 0.3) is 5.56 Å². The molecule has 1 heterocycles. The van der Waals surface area contributed by atoms with Crippen LogP contribution >= 0.6 is 0 Å². The van der Waals surface area contributed by atoms with Gasteiger partial charge in [0.15, 0.2) is 0 Å². The van der Waals surface area contributed by atoms with E-state index in [1.165, 1.54) is 6.07 Å². The van der Waals surface area contributed by atoms with Crippen LogP contribution in [-0.2, 0) is 17.6 Å². The number of aromatic nitrogens is 2. The Morgan fingerprint density at radius 2 is 2.20 bits per heavy atom. The van der Waals surface area contributed by atoms with Crippen molar-refractivity contribution in [1.82, 2.24) is 9.97 Å². The first kappa shape index (κ1) is 13.8. The van der Waals surface area contributed by atoms with Gasteiger partial charge < -0.3 is 14.8 Å². The third kappa shape index (κ3) is 3.68. The quantitative estimate of drug-likeness (QED) is 0.866. The molecule has 0 radical (unpaired) electrons. The molecule has 0 aliphatic carbocycles. The molecule has 104 valence electrons. The van der Waals surface area contributed by atoms with Crippen LogP contribution in [0.25, 0.3) is 0 Å². The Balaban J connectivity index is 2.23. The number of nitrogens with zero attached hydrogens (tertiary/aromatic N) is 1.